The standard InChI is InChI=1S/C27H34F3NO4S/c1-5-35-26(32)25(13-18(2)3)23-15-21(19-8-10-24(11-9-19)27(28,29)30)14-22(16-23)20-7-6-12-31(17-20)36(4,33)34/h8-11,14-16,18,20,25H,5-7,12-13,17H2,1-4H3. The number of alkyl halides is 3. The SMILES string of the molecule is CCOC(=O)C(CC(C)C)c1cc(-c2ccc(C(F)(F)F)cc2)cc(C2CCCN(S(C)(=O)=O)C2)c1. The van der Waals surface area contributed by atoms with Gasteiger partial charge in [0.15, 0.2) is 0 Å². The van der Waals surface area contributed by atoms with Crippen LogP contribution in [0.3, 0.4) is 0 Å². The van der Waals surface area contributed by atoms with Crippen molar-refractivity contribution >= 4 is 16.0 Å². The van der Waals surface area contributed by atoms with Crippen molar-refractivity contribution in [2.45, 2.75) is 58.0 Å². The summed E-state index contributed by atoms with van der Waals surface area (Å²) < 4.78 is 70.5. The lowest BCUT2D eigenvalue weighted by Gasteiger charge is -2.32. The topological polar surface area (TPSA) is 63.7 Å². The Labute approximate surface area is 211 Å². The first kappa shape index (κ1) is 28.2. The molecule has 3 rings (SSSR count). The second-order valence-electron chi connectivity index (χ2n) is 9.86. The summed E-state index contributed by atoms with van der Waals surface area (Å²) in [6, 6.07) is 10.6. The second kappa shape index (κ2) is 11.3. The van der Waals surface area contributed by atoms with Gasteiger partial charge in [0.2, 0.25) is 10.0 Å². The number of ether oxygens (including phenoxy) is 1. The highest BCUT2D eigenvalue weighted by Crippen LogP contribution is 2.37. The molecule has 1 fully saturated rings. The number of carbonyl (C=O) groups is 1. The van der Waals surface area contributed by atoms with E-state index in [1.807, 2.05) is 32.0 Å². The molecule has 1 heterocycles. The minimum absolute atomic E-state index is 0.0940. The van der Waals surface area contributed by atoms with Gasteiger partial charge in [0.05, 0.1) is 24.3 Å². The van der Waals surface area contributed by atoms with Gasteiger partial charge in [-0.15, -0.1) is 0 Å². The lowest BCUT2D eigenvalue weighted by atomic mass is 9.83. The van der Waals surface area contributed by atoms with Gasteiger partial charge in [0.1, 0.15) is 0 Å². The van der Waals surface area contributed by atoms with Crippen LogP contribution in [0.15, 0.2) is 42.5 Å². The van der Waals surface area contributed by atoms with Gasteiger partial charge in [0.25, 0.3) is 0 Å². The molecular formula is C27H34F3NO4S. The predicted molar refractivity (Wildman–Crippen MR) is 134 cm³/mol. The van der Waals surface area contributed by atoms with E-state index in [1.165, 1.54) is 22.7 Å². The average molecular weight is 526 g/mol. The van der Waals surface area contributed by atoms with Crippen LogP contribution in [0, 0.1) is 5.92 Å². The number of piperidine rings is 1. The monoisotopic (exact) mass is 525 g/mol. The number of halogens is 3. The van der Waals surface area contributed by atoms with E-state index in [0.29, 0.717) is 37.1 Å². The first-order valence-corrected chi connectivity index (χ1v) is 14.1. The molecule has 1 aliphatic rings. The van der Waals surface area contributed by atoms with Gasteiger partial charge < -0.3 is 4.74 Å². The lowest BCUT2D eigenvalue weighted by molar-refractivity contribution is -0.145. The zero-order chi connectivity index (χ0) is 26.7. The average Bonchev–Trinajstić information content (AvgIpc) is 2.81. The quantitative estimate of drug-likeness (QED) is 0.385. The molecule has 198 valence electrons. The lowest BCUT2D eigenvalue weighted by Crippen LogP contribution is -2.38. The Morgan fingerprint density at radius 1 is 1.11 bits per heavy atom. The molecule has 2 unspecified atom stereocenters. The van der Waals surface area contributed by atoms with Gasteiger partial charge in [-0.25, -0.2) is 12.7 Å². The highest BCUT2D eigenvalue weighted by Gasteiger charge is 2.31. The summed E-state index contributed by atoms with van der Waals surface area (Å²) in [7, 11) is -3.36. The molecular weight excluding hydrogens is 491 g/mol. The smallest absolute Gasteiger partial charge is 0.416 e. The van der Waals surface area contributed by atoms with Crippen molar-refractivity contribution in [3.05, 3.63) is 59.2 Å². The van der Waals surface area contributed by atoms with Crippen molar-refractivity contribution in [3.63, 3.8) is 0 Å². The molecule has 0 spiro atoms. The van der Waals surface area contributed by atoms with E-state index in [-0.39, 0.29) is 24.4 Å². The largest absolute Gasteiger partial charge is 0.466 e. The van der Waals surface area contributed by atoms with E-state index in [9.17, 15) is 26.4 Å². The summed E-state index contributed by atoms with van der Waals surface area (Å²) in [6.07, 6.45) is -1.22. The van der Waals surface area contributed by atoms with Crippen LogP contribution in [0.4, 0.5) is 13.2 Å². The molecule has 0 saturated carbocycles. The van der Waals surface area contributed by atoms with Gasteiger partial charge in [0, 0.05) is 13.1 Å². The van der Waals surface area contributed by atoms with Crippen molar-refractivity contribution in [1.29, 1.82) is 0 Å². The molecule has 0 radical (unpaired) electrons. The molecule has 1 saturated heterocycles. The molecule has 2 atom stereocenters. The molecule has 5 nitrogen and oxygen atoms in total. The molecule has 0 amide bonds. The van der Waals surface area contributed by atoms with Crippen molar-refractivity contribution in [1.82, 2.24) is 4.31 Å². The fraction of sp³-hybridized carbons (Fsp3) is 0.519. The summed E-state index contributed by atoms with van der Waals surface area (Å²) >= 11 is 0. The minimum atomic E-state index is -4.44. The molecule has 1 aliphatic heterocycles. The molecule has 9 heteroatoms. The summed E-state index contributed by atoms with van der Waals surface area (Å²) in [4.78, 5) is 12.9. The van der Waals surface area contributed by atoms with E-state index in [4.69, 9.17) is 4.74 Å². The molecule has 0 aliphatic carbocycles. The number of hydrogen-bond donors (Lipinski definition) is 0. The Morgan fingerprint density at radius 3 is 2.33 bits per heavy atom. The van der Waals surface area contributed by atoms with E-state index in [1.54, 1.807) is 6.92 Å². The molecule has 2 aromatic carbocycles. The molecule has 0 aromatic heterocycles. The maximum atomic E-state index is 13.1. The van der Waals surface area contributed by atoms with Gasteiger partial charge in [-0.05, 0) is 72.4 Å². The van der Waals surface area contributed by atoms with Crippen molar-refractivity contribution < 1.29 is 31.1 Å². The number of nitrogens with zero attached hydrogens (tertiary/aromatic N) is 1. The van der Waals surface area contributed by atoms with Crippen LogP contribution in [0.2, 0.25) is 0 Å². The van der Waals surface area contributed by atoms with Gasteiger partial charge in [-0.3, -0.25) is 4.79 Å². The van der Waals surface area contributed by atoms with Crippen LogP contribution in [-0.4, -0.2) is 44.6 Å². The zero-order valence-corrected chi connectivity index (χ0v) is 22.0. The molecule has 36 heavy (non-hydrogen) atoms. The number of rotatable bonds is 8. The number of benzene rings is 2. The highest BCUT2D eigenvalue weighted by molar-refractivity contribution is 7.88. The Balaban J connectivity index is 2.11. The Kier molecular flexibility index (Phi) is 8.88. The van der Waals surface area contributed by atoms with Crippen molar-refractivity contribution in [2.24, 2.45) is 5.92 Å². The van der Waals surface area contributed by atoms with Crippen LogP contribution < -0.4 is 0 Å². The third-order valence-corrected chi connectivity index (χ3v) is 7.80. The van der Waals surface area contributed by atoms with Crippen LogP contribution in [0.1, 0.15) is 68.6 Å². The van der Waals surface area contributed by atoms with Crippen molar-refractivity contribution in [3.8, 4) is 11.1 Å². The first-order valence-electron chi connectivity index (χ1n) is 12.2. The predicted octanol–water partition coefficient (Wildman–Crippen LogP) is 6.20. The number of hydrogen-bond acceptors (Lipinski definition) is 4. The van der Waals surface area contributed by atoms with Gasteiger partial charge in [-0.2, -0.15) is 13.2 Å². The number of sulfonamides is 1. The number of esters is 1. The Bertz CT molecular complexity index is 1160. The van der Waals surface area contributed by atoms with Crippen LogP contribution in [0.5, 0.6) is 0 Å². The fourth-order valence-corrected chi connectivity index (χ4v) is 5.64. The van der Waals surface area contributed by atoms with Gasteiger partial charge in [-0.1, -0.05) is 44.2 Å². The molecule has 0 N–H and O–H groups in total. The summed E-state index contributed by atoms with van der Waals surface area (Å²) in [6.45, 7) is 6.79. The second-order valence-corrected chi connectivity index (χ2v) is 11.8. The van der Waals surface area contributed by atoms with E-state index >= 15 is 0 Å². The van der Waals surface area contributed by atoms with Crippen LogP contribution >= 0.6 is 0 Å². The molecule has 0 bridgehead atoms. The van der Waals surface area contributed by atoms with E-state index in [0.717, 1.165) is 29.7 Å². The van der Waals surface area contributed by atoms with Crippen LogP contribution in [-0.2, 0) is 25.7 Å². The Morgan fingerprint density at radius 2 is 1.78 bits per heavy atom. The summed E-state index contributed by atoms with van der Waals surface area (Å²) in [5.41, 5.74) is 2.14. The maximum Gasteiger partial charge on any atom is 0.416 e. The minimum Gasteiger partial charge on any atom is -0.466 e. The Hall–Kier alpha value is -2.39. The van der Waals surface area contributed by atoms with E-state index < -0.39 is 27.7 Å². The maximum absolute atomic E-state index is 13.1. The zero-order valence-electron chi connectivity index (χ0n) is 21.1. The number of carbonyl (C=O) groups excluding carboxylic acids is 1. The van der Waals surface area contributed by atoms with Crippen LogP contribution in [0.25, 0.3) is 11.1 Å². The summed E-state index contributed by atoms with van der Waals surface area (Å²) in [5, 5.41) is 0. The van der Waals surface area contributed by atoms with Gasteiger partial charge >= 0.3 is 12.1 Å². The van der Waals surface area contributed by atoms with E-state index in [2.05, 4.69) is 0 Å². The summed E-state index contributed by atoms with van der Waals surface area (Å²) in [5.74, 6) is -0.771. The normalized spacial score (nSPS) is 18.3. The molecule has 2 aromatic rings. The first-order chi connectivity index (χ1) is 16.8. The fourth-order valence-electron chi connectivity index (χ4n) is 4.73. The van der Waals surface area contributed by atoms with Crippen molar-refractivity contribution in [2.75, 3.05) is 26.0 Å². The highest BCUT2D eigenvalue weighted by atomic mass is 32.2. The third kappa shape index (κ3) is 7.09. The third-order valence-electron chi connectivity index (χ3n) is 6.53.